The number of nitrogens with zero attached hydrogens (tertiary/aromatic N) is 2. The van der Waals surface area contributed by atoms with Gasteiger partial charge in [-0.15, -0.1) is 0 Å². The molecule has 1 aromatic heterocycles. The molecule has 0 bridgehead atoms. The topological polar surface area (TPSA) is 39.1 Å². The van der Waals surface area contributed by atoms with Gasteiger partial charge in [-0.1, -0.05) is 13.8 Å². The van der Waals surface area contributed by atoms with Gasteiger partial charge in [0.05, 0.1) is 24.6 Å². The van der Waals surface area contributed by atoms with E-state index in [4.69, 9.17) is 4.74 Å². The molecule has 0 unspecified atom stereocenters. The maximum Gasteiger partial charge on any atom is 0.0885 e. The lowest BCUT2D eigenvalue weighted by Crippen LogP contribution is -2.26. The lowest BCUT2D eigenvalue weighted by Gasteiger charge is -2.08. The van der Waals surface area contributed by atoms with Crippen molar-refractivity contribution in [1.82, 2.24) is 15.1 Å². The Morgan fingerprint density at radius 2 is 2.27 bits per heavy atom. The number of aryl methyl sites for hydroxylation is 2. The number of aromatic nitrogens is 2. The Kier molecular flexibility index (Phi) is 4.78. The first-order chi connectivity index (χ1) is 7.09. The highest BCUT2D eigenvalue weighted by molar-refractivity contribution is 5.07. The molecular weight excluding hydrogens is 190 g/mol. The maximum atomic E-state index is 5.54. The van der Waals surface area contributed by atoms with E-state index in [1.165, 1.54) is 0 Å². The van der Waals surface area contributed by atoms with Crippen LogP contribution in [0.4, 0.5) is 0 Å². The summed E-state index contributed by atoms with van der Waals surface area (Å²) in [6, 6.07) is 2.57. The molecule has 4 heteroatoms. The van der Waals surface area contributed by atoms with E-state index in [0.29, 0.717) is 12.6 Å². The standard InChI is InChI=1S/C11H21N3O/c1-9(2)12-5-6-15-8-11-7-10(3)13-14(11)4/h7,9,12H,5-6,8H2,1-4H3. The van der Waals surface area contributed by atoms with Gasteiger partial charge < -0.3 is 10.1 Å². The highest BCUT2D eigenvalue weighted by Crippen LogP contribution is 2.02. The molecule has 4 nitrogen and oxygen atoms in total. The Balaban J connectivity index is 2.17. The molecule has 1 rings (SSSR count). The summed E-state index contributed by atoms with van der Waals surface area (Å²) in [5.41, 5.74) is 2.16. The summed E-state index contributed by atoms with van der Waals surface area (Å²) < 4.78 is 7.41. The molecule has 15 heavy (non-hydrogen) atoms. The van der Waals surface area contributed by atoms with Crippen LogP contribution < -0.4 is 5.32 Å². The summed E-state index contributed by atoms with van der Waals surface area (Å²) in [6.07, 6.45) is 0. The molecule has 1 aromatic rings. The zero-order chi connectivity index (χ0) is 11.3. The normalized spacial score (nSPS) is 11.3. The van der Waals surface area contributed by atoms with Crippen molar-refractivity contribution in [3.05, 3.63) is 17.5 Å². The summed E-state index contributed by atoms with van der Waals surface area (Å²) in [4.78, 5) is 0. The number of nitrogens with one attached hydrogen (secondary N) is 1. The molecule has 0 aliphatic carbocycles. The van der Waals surface area contributed by atoms with Crippen molar-refractivity contribution in [3.63, 3.8) is 0 Å². The second-order valence-electron chi connectivity index (χ2n) is 4.06. The van der Waals surface area contributed by atoms with E-state index in [9.17, 15) is 0 Å². The number of hydrogen-bond donors (Lipinski definition) is 1. The number of rotatable bonds is 6. The van der Waals surface area contributed by atoms with Crippen molar-refractivity contribution >= 4 is 0 Å². The van der Waals surface area contributed by atoms with Crippen LogP contribution in [0.15, 0.2) is 6.07 Å². The molecule has 0 aliphatic rings. The van der Waals surface area contributed by atoms with E-state index in [2.05, 4.69) is 30.3 Å². The molecule has 1 N–H and O–H groups in total. The Morgan fingerprint density at radius 1 is 1.53 bits per heavy atom. The molecule has 0 saturated carbocycles. The second kappa shape index (κ2) is 5.88. The van der Waals surface area contributed by atoms with Crippen molar-refractivity contribution in [2.75, 3.05) is 13.2 Å². The van der Waals surface area contributed by atoms with Crippen LogP contribution in [0.1, 0.15) is 25.2 Å². The third-order valence-corrected chi connectivity index (χ3v) is 2.15. The van der Waals surface area contributed by atoms with Crippen LogP contribution in [0.25, 0.3) is 0 Å². The van der Waals surface area contributed by atoms with Gasteiger partial charge in [0.2, 0.25) is 0 Å². The van der Waals surface area contributed by atoms with Gasteiger partial charge in [0, 0.05) is 19.6 Å². The van der Waals surface area contributed by atoms with Crippen LogP contribution in [0.5, 0.6) is 0 Å². The van der Waals surface area contributed by atoms with Crippen LogP contribution in [0.3, 0.4) is 0 Å². The molecule has 0 amide bonds. The lowest BCUT2D eigenvalue weighted by molar-refractivity contribution is 0.116. The monoisotopic (exact) mass is 211 g/mol. The van der Waals surface area contributed by atoms with Crippen molar-refractivity contribution in [1.29, 1.82) is 0 Å². The SMILES string of the molecule is Cc1cc(COCCNC(C)C)n(C)n1. The largest absolute Gasteiger partial charge is 0.374 e. The van der Waals surface area contributed by atoms with Gasteiger partial charge in [-0.3, -0.25) is 4.68 Å². The van der Waals surface area contributed by atoms with E-state index in [1.54, 1.807) is 0 Å². The molecule has 0 fully saturated rings. The third kappa shape index (κ3) is 4.44. The van der Waals surface area contributed by atoms with E-state index in [-0.39, 0.29) is 0 Å². The summed E-state index contributed by atoms with van der Waals surface area (Å²) in [7, 11) is 1.94. The van der Waals surface area contributed by atoms with Crippen LogP contribution in [-0.4, -0.2) is 29.0 Å². The van der Waals surface area contributed by atoms with Crippen molar-refractivity contribution < 1.29 is 4.74 Å². The van der Waals surface area contributed by atoms with Crippen molar-refractivity contribution in [2.45, 2.75) is 33.4 Å². The third-order valence-electron chi connectivity index (χ3n) is 2.15. The molecule has 0 atom stereocenters. The molecule has 0 radical (unpaired) electrons. The molecule has 86 valence electrons. The Hall–Kier alpha value is -0.870. The van der Waals surface area contributed by atoms with Gasteiger partial charge in [0.25, 0.3) is 0 Å². The average molecular weight is 211 g/mol. The highest BCUT2D eigenvalue weighted by Gasteiger charge is 2.01. The quantitative estimate of drug-likeness (QED) is 0.720. The molecule has 0 saturated heterocycles. The first kappa shape index (κ1) is 12.2. The fourth-order valence-corrected chi connectivity index (χ4v) is 1.40. The van der Waals surface area contributed by atoms with E-state index in [0.717, 1.165) is 24.5 Å². The Labute approximate surface area is 91.6 Å². The van der Waals surface area contributed by atoms with Gasteiger partial charge in [0.15, 0.2) is 0 Å². The van der Waals surface area contributed by atoms with Crippen LogP contribution in [-0.2, 0) is 18.4 Å². The summed E-state index contributed by atoms with van der Waals surface area (Å²) in [5, 5.41) is 7.56. The fourth-order valence-electron chi connectivity index (χ4n) is 1.40. The number of hydrogen-bond acceptors (Lipinski definition) is 3. The van der Waals surface area contributed by atoms with Crippen LogP contribution in [0, 0.1) is 6.92 Å². The summed E-state index contributed by atoms with van der Waals surface area (Å²) in [5.74, 6) is 0. The summed E-state index contributed by atoms with van der Waals surface area (Å²) >= 11 is 0. The molecule has 0 aliphatic heterocycles. The predicted molar refractivity (Wildman–Crippen MR) is 60.7 cm³/mol. The zero-order valence-corrected chi connectivity index (χ0v) is 10.1. The highest BCUT2D eigenvalue weighted by atomic mass is 16.5. The Bertz CT molecular complexity index is 294. The minimum Gasteiger partial charge on any atom is -0.374 e. The van der Waals surface area contributed by atoms with Crippen molar-refractivity contribution in [3.8, 4) is 0 Å². The predicted octanol–water partition coefficient (Wildman–Crippen LogP) is 1.24. The molecule has 0 spiro atoms. The molecular formula is C11H21N3O. The van der Waals surface area contributed by atoms with E-state index >= 15 is 0 Å². The number of ether oxygens (including phenoxy) is 1. The van der Waals surface area contributed by atoms with E-state index < -0.39 is 0 Å². The first-order valence-electron chi connectivity index (χ1n) is 5.40. The van der Waals surface area contributed by atoms with E-state index in [1.807, 2.05) is 18.7 Å². The minimum atomic E-state index is 0.521. The molecule has 0 aromatic carbocycles. The Morgan fingerprint density at radius 3 is 2.80 bits per heavy atom. The van der Waals surface area contributed by atoms with Gasteiger partial charge >= 0.3 is 0 Å². The zero-order valence-electron chi connectivity index (χ0n) is 10.1. The lowest BCUT2D eigenvalue weighted by atomic mass is 10.4. The average Bonchev–Trinajstić information content (AvgIpc) is 2.44. The molecule has 1 heterocycles. The van der Waals surface area contributed by atoms with Crippen molar-refractivity contribution in [2.24, 2.45) is 7.05 Å². The fraction of sp³-hybridized carbons (Fsp3) is 0.727. The first-order valence-corrected chi connectivity index (χ1v) is 5.40. The smallest absolute Gasteiger partial charge is 0.0885 e. The minimum absolute atomic E-state index is 0.521. The van der Waals surface area contributed by atoms with Gasteiger partial charge in [-0.2, -0.15) is 5.10 Å². The van der Waals surface area contributed by atoms with Gasteiger partial charge in [-0.25, -0.2) is 0 Å². The van der Waals surface area contributed by atoms with Gasteiger partial charge in [0.1, 0.15) is 0 Å². The van der Waals surface area contributed by atoms with Crippen LogP contribution in [0.2, 0.25) is 0 Å². The second-order valence-corrected chi connectivity index (χ2v) is 4.06. The maximum absolute atomic E-state index is 5.54. The van der Waals surface area contributed by atoms with Gasteiger partial charge in [-0.05, 0) is 13.0 Å². The summed E-state index contributed by atoms with van der Waals surface area (Å²) in [6.45, 7) is 8.52. The van der Waals surface area contributed by atoms with Crippen LogP contribution >= 0.6 is 0 Å².